The van der Waals surface area contributed by atoms with E-state index in [-0.39, 0.29) is 12.3 Å². The van der Waals surface area contributed by atoms with Gasteiger partial charge < -0.3 is 29.2 Å². The first-order chi connectivity index (χ1) is 21.2. The standard InChI is InChI=1S/C32H41FN8O3/c1-21(33)32(43)41-16-15-40(18-22(41)8-11-34)28-17-29(44-20-23-5-4-13-37(23)2)36-26-19-39(14-10-24(26)28)27-9-12-35-25-6-7-30(42)38(3)31(25)27/h9,12,17,21-23H,4-8,10,13-16,18-20H2,1-3H3/t21?,22-,23-/m0/s1. The lowest BCUT2D eigenvalue weighted by Gasteiger charge is -2.43. The van der Waals surface area contributed by atoms with Crippen LogP contribution < -0.4 is 19.4 Å². The van der Waals surface area contributed by atoms with Crippen LogP contribution >= 0.6 is 0 Å². The molecule has 2 saturated heterocycles. The van der Waals surface area contributed by atoms with Crippen molar-refractivity contribution in [1.29, 1.82) is 5.26 Å². The van der Waals surface area contributed by atoms with Crippen molar-refractivity contribution in [1.82, 2.24) is 19.8 Å². The molecule has 4 aliphatic heterocycles. The molecule has 11 nitrogen and oxygen atoms in total. The Bertz CT molecular complexity index is 1460. The number of nitriles is 1. The number of alkyl halides is 1. The van der Waals surface area contributed by atoms with Crippen molar-refractivity contribution in [3.8, 4) is 11.9 Å². The van der Waals surface area contributed by atoms with Crippen molar-refractivity contribution >= 4 is 28.9 Å². The Balaban J connectivity index is 1.32. The molecule has 1 unspecified atom stereocenters. The average molecular weight is 605 g/mol. The van der Waals surface area contributed by atoms with E-state index in [1.54, 1.807) is 4.90 Å². The van der Waals surface area contributed by atoms with Crippen LogP contribution in [0, 0.1) is 11.3 Å². The number of anilines is 3. The predicted octanol–water partition coefficient (Wildman–Crippen LogP) is 2.71. The topological polar surface area (TPSA) is 109 Å². The van der Waals surface area contributed by atoms with Crippen LogP contribution in [0.4, 0.5) is 21.5 Å². The molecule has 4 aliphatic rings. The highest BCUT2D eigenvalue weighted by Gasteiger charge is 2.36. The minimum Gasteiger partial charge on any atom is -0.476 e. The zero-order valence-electron chi connectivity index (χ0n) is 25.8. The highest BCUT2D eigenvalue weighted by atomic mass is 19.1. The molecular weight excluding hydrogens is 563 g/mol. The van der Waals surface area contributed by atoms with E-state index in [4.69, 9.17) is 9.72 Å². The largest absolute Gasteiger partial charge is 0.476 e. The van der Waals surface area contributed by atoms with Crippen molar-refractivity contribution in [2.45, 2.75) is 70.2 Å². The quantitative estimate of drug-likeness (QED) is 0.471. The summed E-state index contributed by atoms with van der Waals surface area (Å²) in [6, 6.07) is 6.10. The molecule has 2 fully saturated rings. The molecule has 0 spiro atoms. The van der Waals surface area contributed by atoms with Crippen LogP contribution in [0.1, 0.15) is 49.6 Å². The van der Waals surface area contributed by atoms with Crippen LogP contribution in [-0.4, -0.2) is 103 Å². The number of hydrogen-bond donors (Lipinski definition) is 0. The van der Waals surface area contributed by atoms with Crippen molar-refractivity contribution in [3.63, 3.8) is 0 Å². The highest BCUT2D eigenvalue weighted by Crippen LogP contribution is 2.39. The van der Waals surface area contributed by atoms with Gasteiger partial charge in [0, 0.05) is 75.6 Å². The van der Waals surface area contributed by atoms with Gasteiger partial charge in [0.2, 0.25) is 11.8 Å². The Labute approximate surface area is 258 Å². The summed E-state index contributed by atoms with van der Waals surface area (Å²) in [7, 11) is 3.94. The van der Waals surface area contributed by atoms with Crippen molar-refractivity contribution in [2.75, 3.05) is 68.1 Å². The van der Waals surface area contributed by atoms with Gasteiger partial charge in [-0.05, 0) is 45.8 Å². The second kappa shape index (κ2) is 12.6. The van der Waals surface area contributed by atoms with E-state index in [0.29, 0.717) is 57.5 Å². The summed E-state index contributed by atoms with van der Waals surface area (Å²) in [5, 5.41) is 9.53. The fraction of sp³-hybridized carbons (Fsp3) is 0.594. The fourth-order valence-electron chi connectivity index (χ4n) is 7.11. The van der Waals surface area contributed by atoms with Crippen molar-refractivity contribution in [2.24, 2.45) is 0 Å². The van der Waals surface area contributed by atoms with E-state index in [0.717, 1.165) is 66.4 Å². The molecule has 2 aromatic rings. The van der Waals surface area contributed by atoms with Crippen LogP contribution in [0.3, 0.4) is 0 Å². The molecule has 0 bridgehead atoms. The monoisotopic (exact) mass is 604 g/mol. The number of likely N-dealkylation sites (tertiary alicyclic amines) is 1. The van der Waals surface area contributed by atoms with E-state index in [1.165, 1.54) is 11.8 Å². The normalized spacial score (nSPS) is 22.8. The number of halogens is 1. The highest BCUT2D eigenvalue weighted by molar-refractivity contribution is 5.99. The van der Waals surface area contributed by atoms with Gasteiger partial charge in [-0.2, -0.15) is 5.26 Å². The molecule has 44 heavy (non-hydrogen) atoms. The molecule has 2 aromatic heterocycles. The zero-order chi connectivity index (χ0) is 31.0. The minimum atomic E-state index is -1.61. The SMILES string of the molecule is CC(F)C(=O)N1CCN(c2cc(OC[C@@H]3CCCN3C)nc3c2CCN(c2ccnc4c2N(C)C(=O)CC4)C3)C[C@@H]1CC#N. The molecule has 0 aliphatic carbocycles. The summed E-state index contributed by atoms with van der Waals surface area (Å²) in [5.74, 6) is 0.0765. The number of aryl methyl sites for hydroxylation is 1. The van der Waals surface area contributed by atoms with Crippen LogP contribution in [0.25, 0.3) is 0 Å². The predicted molar refractivity (Wildman–Crippen MR) is 165 cm³/mol. The number of pyridine rings is 2. The van der Waals surface area contributed by atoms with Crippen molar-refractivity contribution < 1.29 is 18.7 Å². The fourth-order valence-corrected chi connectivity index (χ4v) is 7.11. The van der Waals surface area contributed by atoms with E-state index in [2.05, 4.69) is 32.8 Å². The maximum absolute atomic E-state index is 14.0. The Morgan fingerprint density at radius 3 is 2.70 bits per heavy atom. The smallest absolute Gasteiger partial charge is 0.257 e. The second-order valence-electron chi connectivity index (χ2n) is 12.4. The summed E-state index contributed by atoms with van der Waals surface area (Å²) in [6.45, 7) is 5.42. The molecule has 0 N–H and O–H groups in total. The number of carbonyl (C=O) groups is 2. The summed E-state index contributed by atoms with van der Waals surface area (Å²) in [4.78, 5) is 44.9. The molecule has 6 rings (SSSR count). The summed E-state index contributed by atoms with van der Waals surface area (Å²) in [6.07, 6.45) is 4.39. The number of amides is 2. The maximum Gasteiger partial charge on any atom is 0.257 e. The molecule has 0 radical (unpaired) electrons. The van der Waals surface area contributed by atoms with Crippen LogP contribution in [-0.2, 0) is 29.0 Å². The van der Waals surface area contributed by atoms with Gasteiger partial charge >= 0.3 is 0 Å². The summed E-state index contributed by atoms with van der Waals surface area (Å²) < 4.78 is 20.4. The number of carbonyl (C=O) groups excluding carboxylic acids is 2. The number of piperazine rings is 1. The van der Waals surface area contributed by atoms with Gasteiger partial charge in [0.1, 0.15) is 6.61 Å². The Morgan fingerprint density at radius 1 is 1.11 bits per heavy atom. The third-order valence-electron chi connectivity index (χ3n) is 9.61. The number of aromatic nitrogens is 2. The van der Waals surface area contributed by atoms with E-state index >= 15 is 0 Å². The van der Waals surface area contributed by atoms with E-state index < -0.39 is 18.1 Å². The molecule has 3 atom stereocenters. The molecule has 234 valence electrons. The lowest BCUT2D eigenvalue weighted by Crippen LogP contribution is -2.57. The lowest BCUT2D eigenvalue weighted by atomic mass is 9.98. The third-order valence-corrected chi connectivity index (χ3v) is 9.61. The van der Waals surface area contributed by atoms with Gasteiger partial charge in [0.25, 0.3) is 5.91 Å². The Morgan fingerprint density at radius 2 is 1.95 bits per heavy atom. The van der Waals surface area contributed by atoms with Crippen LogP contribution in [0.15, 0.2) is 18.3 Å². The number of fused-ring (bicyclic) bond motifs is 2. The number of ether oxygens (including phenoxy) is 1. The lowest BCUT2D eigenvalue weighted by molar-refractivity contribution is -0.138. The molecule has 12 heteroatoms. The van der Waals surface area contributed by atoms with Gasteiger partial charge in [-0.1, -0.05) is 0 Å². The van der Waals surface area contributed by atoms with E-state index in [1.807, 2.05) is 25.4 Å². The van der Waals surface area contributed by atoms with Gasteiger partial charge in [-0.25, -0.2) is 9.37 Å². The first-order valence-corrected chi connectivity index (χ1v) is 15.7. The maximum atomic E-state index is 14.0. The van der Waals surface area contributed by atoms with Crippen LogP contribution in [0.5, 0.6) is 5.88 Å². The Hall–Kier alpha value is -3.98. The second-order valence-corrected chi connectivity index (χ2v) is 12.4. The van der Waals surface area contributed by atoms with Gasteiger partial charge in [0.05, 0.1) is 47.8 Å². The number of rotatable bonds is 7. The van der Waals surface area contributed by atoms with Gasteiger partial charge in [0.15, 0.2) is 6.17 Å². The molecule has 6 heterocycles. The minimum absolute atomic E-state index is 0.0869. The summed E-state index contributed by atoms with van der Waals surface area (Å²) in [5.41, 5.74) is 5.79. The summed E-state index contributed by atoms with van der Waals surface area (Å²) >= 11 is 0. The van der Waals surface area contributed by atoms with Gasteiger partial charge in [-0.15, -0.1) is 0 Å². The average Bonchev–Trinajstić information content (AvgIpc) is 3.44. The number of likely N-dealkylation sites (N-methyl/N-ethyl adjacent to an activating group) is 1. The van der Waals surface area contributed by atoms with Gasteiger partial charge in [-0.3, -0.25) is 14.6 Å². The third kappa shape index (κ3) is 5.77. The molecule has 0 aromatic carbocycles. The molecular formula is C32H41FN8O3. The number of nitrogens with zero attached hydrogens (tertiary/aromatic N) is 8. The first-order valence-electron chi connectivity index (χ1n) is 15.7. The molecule has 0 saturated carbocycles. The first kappa shape index (κ1) is 30.1. The van der Waals surface area contributed by atoms with Crippen LogP contribution in [0.2, 0.25) is 0 Å². The van der Waals surface area contributed by atoms with E-state index in [9.17, 15) is 19.2 Å². The Kier molecular flexibility index (Phi) is 8.58. The zero-order valence-corrected chi connectivity index (χ0v) is 25.8. The number of hydrogen-bond acceptors (Lipinski definition) is 9. The van der Waals surface area contributed by atoms with Crippen molar-refractivity contribution in [3.05, 3.63) is 35.3 Å². The molecule has 2 amide bonds.